The molecule has 0 radical (unpaired) electrons. The van der Waals surface area contributed by atoms with E-state index in [1.165, 1.54) is 22.9 Å². The number of nitrogens with zero attached hydrogens (tertiary/aromatic N) is 3. The number of nitrogens with one attached hydrogen (secondary N) is 2. The lowest BCUT2D eigenvalue weighted by molar-refractivity contribution is -0.137. The number of nitrogens with two attached hydrogens (primary N) is 1. The number of halogens is 3. The van der Waals surface area contributed by atoms with E-state index in [1.54, 1.807) is 42.3 Å². The van der Waals surface area contributed by atoms with Gasteiger partial charge in [-0.15, -0.1) is 0 Å². The monoisotopic (exact) mass is 600 g/mol. The number of anilines is 1. The Labute approximate surface area is 247 Å². The van der Waals surface area contributed by atoms with Crippen LogP contribution < -0.4 is 21.1 Å². The molecule has 3 aromatic rings. The van der Waals surface area contributed by atoms with Crippen molar-refractivity contribution < 1.29 is 32.2 Å². The molecule has 2 heterocycles. The molecule has 1 unspecified atom stereocenters. The highest BCUT2D eigenvalue weighted by Crippen LogP contribution is 2.31. The van der Waals surface area contributed by atoms with Crippen LogP contribution in [0.2, 0.25) is 0 Å². The minimum atomic E-state index is -4.52. The third-order valence-corrected chi connectivity index (χ3v) is 6.57. The molecule has 2 aromatic carbocycles. The summed E-state index contributed by atoms with van der Waals surface area (Å²) >= 11 is 0. The summed E-state index contributed by atoms with van der Waals surface area (Å²) in [6.45, 7) is 7.04. The number of benzene rings is 2. The maximum absolute atomic E-state index is 13.0. The van der Waals surface area contributed by atoms with Gasteiger partial charge in [0.25, 0.3) is 0 Å². The van der Waals surface area contributed by atoms with Crippen molar-refractivity contribution in [3.05, 3.63) is 72.3 Å². The van der Waals surface area contributed by atoms with E-state index in [4.69, 9.17) is 15.2 Å². The van der Waals surface area contributed by atoms with Crippen molar-refractivity contribution in [1.29, 1.82) is 0 Å². The van der Waals surface area contributed by atoms with Crippen LogP contribution in [0.15, 0.2) is 71.7 Å². The first-order chi connectivity index (χ1) is 20.2. The third kappa shape index (κ3) is 8.51. The minimum Gasteiger partial charge on any atom is -0.444 e. The van der Waals surface area contributed by atoms with Gasteiger partial charge < -0.3 is 30.7 Å². The zero-order valence-electron chi connectivity index (χ0n) is 24.4. The lowest BCUT2D eigenvalue weighted by atomic mass is 10.2. The summed E-state index contributed by atoms with van der Waals surface area (Å²) < 4.78 is 51.6. The minimum absolute atomic E-state index is 0.0238. The summed E-state index contributed by atoms with van der Waals surface area (Å²) in [5, 5.41) is 6.53. The van der Waals surface area contributed by atoms with E-state index in [2.05, 4.69) is 15.6 Å². The molecule has 4 rings (SSSR count). The number of carbonyl (C=O) groups excluding carboxylic acids is 2. The van der Waals surface area contributed by atoms with Gasteiger partial charge in [-0.3, -0.25) is 9.56 Å². The maximum atomic E-state index is 13.0. The van der Waals surface area contributed by atoms with Gasteiger partial charge in [-0.25, -0.2) is 9.59 Å². The molecule has 1 fully saturated rings. The average Bonchev–Trinajstić information content (AvgIpc) is 3.57. The van der Waals surface area contributed by atoms with E-state index in [1.807, 2.05) is 20.8 Å². The fraction of sp³-hybridized carbons (Fsp3) is 0.367. The number of hydrogen-bond donors (Lipinski definition) is 3. The van der Waals surface area contributed by atoms with Crippen molar-refractivity contribution in [2.75, 3.05) is 32.0 Å². The van der Waals surface area contributed by atoms with Gasteiger partial charge in [0.2, 0.25) is 0 Å². The summed E-state index contributed by atoms with van der Waals surface area (Å²) in [6, 6.07) is 10.5. The largest absolute Gasteiger partial charge is 0.444 e. The van der Waals surface area contributed by atoms with E-state index >= 15 is 0 Å². The number of aliphatic imine (C=N–C) groups is 1. The number of hydrogen-bond acceptors (Lipinski definition) is 7. The molecule has 230 valence electrons. The van der Waals surface area contributed by atoms with Crippen LogP contribution in [0.25, 0.3) is 10.9 Å². The van der Waals surface area contributed by atoms with Gasteiger partial charge in [-0.2, -0.15) is 13.2 Å². The second-order valence-corrected chi connectivity index (χ2v) is 11.1. The highest BCUT2D eigenvalue weighted by molar-refractivity contribution is 5.99. The number of rotatable bonds is 7. The predicted molar refractivity (Wildman–Crippen MR) is 158 cm³/mol. The summed E-state index contributed by atoms with van der Waals surface area (Å²) in [5.41, 5.74) is 5.91. The fourth-order valence-corrected chi connectivity index (χ4v) is 4.51. The van der Waals surface area contributed by atoms with Gasteiger partial charge in [0.05, 0.1) is 16.8 Å². The van der Waals surface area contributed by atoms with Crippen LogP contribution in [0.5, 0.6) is 5.75 Å². The molecule has 0 spiro atoms. The Hall–Kier alpha value is -4.52. The molecule has 0 bridgehead atoms. The van der Waals surface area contributed by atoms with Crippen LogP contribution in [0.1, 0.15) is 32.8 Å². The molecule has 43 heavy (non-hydrogen) atoms. The van der Waals surface area contributed by atoms with Crippen molar-refractivity contribution in [3.8, 4) is 5.75 Å². The Balaban J connectivity index is 1.34. The number of aromatic nitrogens is 1. The van der Waals surface area contributed by atoms with E-state index in [0.29, 0.717) is 42.0 Å². The zero-order valence-corrected chi connectivity index (χ0v) is 24.4. The molecule has 1 aromatic heterocycles. The van der Waals surface area contributed by atoms with Gasteiger partial charge in [0.15, 0.2) is 5.88 Å². The van der Waals surface area contributed by atoms with Gasteiger partial charge in [-0.1, -0.05) is 6.07 Å². The van der Waals surface area contributed by atoms with Crippen molar-refractivity contribution in [2.24, 2.45) is 10.7 Å². The van der Waals surface area contributed by atoms with Crippen molar-refractivity contribution >= 4 is 34.4 Å². The van der Waals surface area contributed by atoms with Crippen LogP contribution >= 0.6 is 0 Å². The number of amides is 2. The Bertz CT molecular complexity index is 1540. The molecule has 13 heteroatoms. The molecule has 1 atom stereocenters. The van der Waals surface area contributed by atoms with E-state index in [9.17, 15) is 22.8 Å². The number of ether oxygens (including phenoxy) is 2. The lowest BCUT2D eigenvalue weighted by Crippen LogP contribution is -2.39. The first-order valence-corrected chi connectivity index (χ1v) is 13.6. The van der Waals surface area contributed by atoms with Crippen LogP contribution in [0.3, 0.4) is 0 Å². The highest BCUT2D eigenvalue weighted by atomic mass is 19.4. The van der Waals surface area contributed by atoms with Gasteiger partial charge >= 0.3 is 18.3 Å². The molecule has 10 nitrogen and oxygen atoms in total. The Morgan fingerprint density at radius 2 is 1.91 bits per heavy atom. The van der Waals surface area contributed by atoms with E-state index in [0.717, 1.165) is 18.6 Å². The first-order valence-electron chi connectivity index (χ1n) is 13.6. The zero-order chi connectivity index (χ0) is 31.4. The van der Waals surface area contributed by atoms with Crippen LogP contribution in [0.4, 0.5) is 28.4 Å². The Kier molecular flexibility index (Phi) is 9.34. The standard InChI is InChI=1S/C30H35F3N6O4/c1-29(2,3)43-28(41)38-12-11-22(18-38)36-17-23(35-4)16-26(34)42-24-8-9-25-19(14-24)10-13-39(25)27(40)37-21-7-5-6-20(15-21)30(31,32)33/h5-10,13-16,22,36H,11-12,17-18,34H2,1-4H3,(H,37,40). The van der Waals surface area contributed by atoms with Crippen LogP contribution in [-0.4, -0.2) is 65.6 Å². The Morgan fingerprint density at radius 3 is 2.60 bits per heavy atom. The number of alkyl halides is 3. The smallest absolute Gasteiger partial charge is 0.416 e. The summed E-state index contributed by atoms with van der Waals surface area (Å²) in [5.74, 6) is 0.523. The molecular formula is C30H35F3N6O4. The summed E-state index contributed by atoms with van der Waals surface area (Å²) in [6.07, 6.45) is -0.955. The molecular weight excluding hydrogens is 565 g/mol. The maximum Gasteiger partial charge on any atom is 0.416 e. The molecule has 0 aliphatic carbocycles. The normalized spacial score (nSPS) is 16.4. The van der Waals surface area contributed by atoms with Crippen molar-refractivity contribution in [2.45, 2.75) is 45.0 Å². The predicted octanol–water partition coefficient (Wildman–Crippen LogP) is 5.59. The molecule has 1 aliphatic heterocycles. The molecule has 1 saturated heterocycles. The lowest BCUT2D eigenvalue weighted by Gasteiger charge is -2.24. The van der Waals surface area contributed by atoms with Crippen LogP contribution in [-0.2, 0) is 10.9 Å². The average molecular weight is 601 g/mol. The van der Waals surface area contributed by atoms with Crippen molar-refractivity contribution in [3.63, 3.8) is 0 Å². The number of fused-ring (bicyclic) bond motifs is 1. The van der Waals surface area contributed by atoms with Gasteiger partial charge in [0.1, 0.15) is 11.4 Å². The SMILES string of the molecule is CN=C(C=C(N)Oc1ccc2c(ccn2C(=O)Nc2cccc(C(F)(F)F)c2)c1)CNC1CCN(C(=O)OC(C)(C)C)C1. The summed E-state index contributed by atoms with van der Waals surface area (Å²) in [4.78, 5) is 31.0. The molecule has 0 saturated carbocycles. The second-order valence-electron chi connectivity index (χ2n) is 11.1. The van der Waals surface area contributed by atoms with Gasteiger partial charge in [-0.05, 0) is 69.7 Å². The van der Waals surface area contributed by atoms with Gasteiger partial charge in [0, 0.05) is 56.1 Å². The van der Waals surface area contributed by atoms with Crippen LogP contribution in [0, 0.1) is 0 Å². The first kappa shape index (κ1) is 31.4. The molecule has 2 amide bonds. The topological polar surface area (TPSA) is 123 Å². The van der Waals surface area contributed by atoms with Crippen molar-refractivity contribution in [1.82, 2.24) is 14.8 Å². The van der Waals surface area contributed by atoms with E-state index < -0.39 is 23.4 Å². The number of carbonyl (C=O) groups is 2. The molecule has 4 N–H and O–H groups in total. The quantitative estimate of drug-likeness (QED) is 0.240. The summed E-state index contributed by atoms with van der Waals surface area (Å²) in [7, 11) is 1.64. The fourth-order valence-electron chi connectivity index (χ4n) is 4.51. The highest BCUT2D eigenvalue weighted by Gasteiger charge is 2.31. The second kappa shape index (κ2) is 12.8. The third-order valence-electron chi connectivity index (χ3n) is 6.57. The Morgan fingerprint density at radius 1 is 1.14 bits per heavy atom. The molecule has 1 aliphatic rings. The number of likely N-dealkylation sites (tertiary alicyclic amines) is 1. The van der Waals surface area contributed by atoms with E-state index in [-0.39, 0.29) is 23.7 Å².